The maximum absolute atomic E-state index is 14.4. The molecule has 1 amide bonds. The van der Waals surface area contributed by atoms with Crippen molar-refractivity contribution in [2.24, 2.45) is 0 Å². The number of fused-ring (bicyclic) bond motifs is 1. The van der Waals surface area contributed by atoms with E-state index in [1.807, 2.05) is 0 Å². The Kier molecular flexibility index (Phi) is 4.71. The van der Waals surface area contributed by atoms with E-state index < -0.39 is 24.0 Å². The number of hydrogen-bond donors (Lipinski definition) is 2. The molecule has 26 heavy (non-hydrogen) atoms. The van der Waals surface area contributed by atoms with Gasteiger partial charge >= 0.3 is 6.18 Å². The van der Waals surface area contributed by atoms with Crippen LogP contribution in [0, 0.1) is 0 Å². The van der Waals surface area contributed by atoms with E-state index in [2.05, 4.69) is 17.2 Å². The largest absolute Gasteiger partial charge is 0.416 e. The van der Waals surface area contributed by atoms with Crippen LogP contribution in [0.4, 0.5) is 28.9 Å². The van der Waals surface area contributed by atoms with E-state index >= 15 is 0 Å². The number of amides is 1. The van der Waals surface area contributed by atoms with Crippen LogP contribution in [-0.4, -0.2) is 12.1 Å². The second kappa shape index (κ2) is 6.82. The summed E-state index contributed by atoms with van der Waals surface area (Å²) in [6.07, 6.45) is -4.32. The molecule has 0 heterocycles. The summed E-state index contributed by atoms with van der Waals surface area (Å²) in [5.41, 5.74) is 1.58. The lowest BCUT2D eigenvalue weighted by atomic mass is 10.1. The van der Waals surface area contributed by atoms with Crippen LogP contribution in [-0.2, 0) is 17.4 Å². The first-order valence-corrected chi connectivity index (χ1v) is 7.92. The van der Waals surface area contributed by atoms with Crippen molar-refractivity contribution in [3.05, 3.63) is 71.8 Å². The number of alkyl halides is 4. The molecule has 0 spiro atoms. The summed E-state index contributed by atoms with van der Waals surface area (Å²) in [7, 11) is 0. The van der Waals surface area contributed by atoms with E-state index in [0.717, 1.165) is 23.8 Å². The van der Waals surface area contributed by atoms with Gasteiger partial charge in [0.25, 0.3) is 0 Å². The Morgan fingerprint density at radius 3 is 2.38 bits per heavy atom. The highest BCUT2D eigenvalue weighted by molar-refractivity contribution is 5.98. The van der Waals surface area contributed by atoms with Crippen molar-refractivity contribution in [2.45, 2.75) is 24.8 Å². The number of hydrogen-bond acceptors (Lipinski definition) is 2. The van der Waals surface area contributed by atoms with Crippen LogP contribution in [0.15, 0.2) is 55.1 Å². The van der Waals surface area contributed by atoms with Crippen LogP contribution in [0.5, 0.6) is 0 Å². The highest BCUT2D eigenvalue weighted by Crippen LogP contribution is 2.38. The third-order valence-electron chi connectivity index (χ3n) is 4.24. The SMILES string of the molecule is C=CC(=O)Nc1ccc2c(c1)C(Nc1ccc(C(F)(F)F)cc1)C(F)C2. The van der Waals surface area contributed by atoms with E-state index in [1.165, 1.54) is 12.1 Å². The van der Waals surface area contributed by atoms with Gasteiger partial charge in [-0.05, 0) is 53.6 Å². The van der Waals surface area contributed by atoms with E-state index in [9.17, 15) is 22.4 Å². The lowest BCUT2D eigenvalue weighted by Crippen LogP contribution is -2.18. The minimum atomic E-state index is -4.42. The number of benzene rings is 2. The summed E-state index contributed by atoms with van der Waals surface area (Å²) in [5, 5.41) is 5.56. The molecule has 136 valence electrons. The summed E-state index contributed by atoms with van der Waals surface area (Å²) in [4.78, 5) is 11.4. The number of carbonyl (C=O) groups is 1. The molecule has 0 aliphatic heterocycles. The highest BCUT2D eigenvalue weighted by Gasteiger charge is 2.33. The minimum Gasteiger partial charge on any atom is -0.375 e. The van der Waals surface area contributed by atoms with Crippen molar-refractivity contribution in [1.29, 1.82) is 0 Å². The first-order valence-electron chi connectivity index (χ1n) is 7.92. The third-order valence-corrected chi connectivity index (χ3v) is 4.24. The van der Waals surface area contributed by atoms with Gasteiger partial charge in [-0.15, -0.1) is 0 Å². The maximum Gasteiger partial charge on any atom is 0.416 e. The van der Waals surface area contributed by atoms with Gasteiger partial charge in [-0.1, -0.05) is 12.6 Å². The van der Waals surface area contributed by atoms with Gasteiger partial charge in [0.15, 0.2) is 0 Å². The van der Waals surface area contributed by atoms with Gasteiger partial charge in [0, 0.05) is 17.8 Å². The topological polar surface area (TPSA) is 41.1 Å². The Hall–Kier alpha value is -2.83. The highest BCUT2D eigenvalue weighted by atomic mass is 19.4. The quantitative estimate of drug-likeness (QED) is 0.600. The van der Waals surface area contributed by atoms with Gasteiger partial charge in [-0.25, -0.2) is 4.39 Å². The van der Waals surface area contributed by atoms with Gasteiger partial charge in [-0.2, -0.15) is 13.2 Å². The van der Waals surface area contributed by atoms with Crippen molar-refractivity contribution in [3.8, 4) is 0 Å². The Morgan fingerprint density at radius 1 is 1.12 bits per heavy atom. The Balaban J connectivity index is 1.82. The molecule has 2 aromatic carbocycles. The number of rotatable bonds is 4. The molecule has 0 bridgehead atoms. The summed E-state index contributed by atoms with van der Waals surface area (Å²) in [6.45, 7) is 3.37. The van der Waals surface area contributed by atoms with Gasteiger partial charge in [0.1, 0.15) is 6.17 Å². The van der Waals surface area contributed by atoms with Crippen molar-refractivity contribution < 1.29 is 22.4 Å². The van der Waals surface area contributed by atoms with Gasteiger partial charge < -0.3 is 10.6 Å². The van der Waals surface area contributed by atoms with Crippen LogP contribution in [0.1, 0.15) is 22.7 Å². The fourth-order valence-electron chi connectivity index (χ4n) is 2.97. The fourth-order valence-corrected chi connectivity index (χ4v) is 2.97. The molecule has 1 aliphatic rings. The lowest BCUT2D eigenvalue weighted by Gasteiger charge is -2.19. The van der Waals surface area contributed by atoms with Gasteiger partial charge in [0.05, 0.1) is 11.6 Å². The normalized spacial score (nSPS) is 18.9. The molecule has 2 N–H and O–H groups in total. The van der Waals surface area contributed by atoms with E-state index in [-0.39, 0.29) is 12.3 Å². The molecule has 0 aromatic heterocycles. The Labute approximate surface area is 147 Å². The molecule has 2 aromatic rings. The zero-order valence-corrected chi connectivity index (χ0v) is 13.6. The standard InChI is InChI=1S/C19H16F4N2O/c1-2-17(26)24-14-6-3-11-9-16(20)18(15(11)10-14)25-13-7-4-12(5-8-13)19(21,22)23/h2-8,10,16,18,25H,1,9H2,(H,24,26). The van der Waals surface area contributed by atoms with Crippen LogP contribution in [0.25, 0.3) is 0 Å². The third kappa shape index (κ3) is 3.71. The van der Waals surface area contributed by atoms with Crippen LogP contribution in [0.2, 0.25) is 0 Å². The predicted molar refractivity (Wildman–Crippen MR) is 91.7 cm³/mol. The van der Waals surface area contributed by atoms with E-state index in [4.69, 9.17) is 0 Å². The van der Waals surface area contributed by atoms with Gasteiger partial charge in [0.2, 0.25) is 5.91 Å². The van der Waals surface area contributed by atoms with Crippen molar-refractivity contribution in [3.63, 3.8) is 0 Å². The molecule has 7 heteroatoms. The average Bonchev–Trinajstić information content (AvgIpc) is 2.90. The number of carbonyl (C=O) groups excluding carboxylic acids is 1. The number of anilines is 2. The number of nitrogens with one attached hydrogen (secondary N) is 2. The van der Waals surface area contributed by atoms with Crippen molar-refractivity contribution in [2.75, 3.05) is 10.6 Å². The number of halogens is 4. The molecule has 3 nitrogen and oxygen atoms in total. The molecule has 0 radical (unpaired) electrons. The molecular formula is C19H16F4N2O. The molecule has 1 aliphatic carbocycles. The molecule has 0 fully saturated rings. The Morgan fingerprint density at radius 2 is 1.77 bits per heavy atom. The molecule has 0 saturated carbocycles. The summed E-state index contributed by atoms with van der Waals surface area (Å²) in [5.74, 6) is -0.382. The van der Waals surface area contributed by atoms with Gasteiger partial charge in [-0.3, -0.25) is 4.79 Å². The predicted octanol–water partition coefficient (Wildman–Crippen LogP) is 4.88. The second-order valence-electron chi connectivity index (χ2n) is 6.02. The Bertz CT molecular complexity index is 830. The maximum atomic E-state index is 14.4. The fraction of sp³-hybridized carbons (Fsp3) is 0.211. The summed E-state index contributed by atoms with van der Waals surface area (Å²) >= 11 is 0. The molecule has 0 saturated heterocycles. The molecule has 2 atom stereocenters. The monoisotopic (exact) mass is 364 g/mol. The minimum absolute atomic E-state index is 0.198. The van der Waals surface area contributed by atoms with Crippen molar-refractivity contribution >= 4 is 17.3 Å². The smallest absolute Gasteiger partial charge is 0.375 e. The zero-order valence-electron chi connectivity index (χ0n) is 13.6. The molecular weight excluding hydrogens is 348 g/mol. The zero-order chi connectivity index (χ0) is 18.9. The van der Waals surface area contributed by atoms with Crippen LogP contribution >= 0.6 is 0 Å². The summed E-state index contributed by atoms with van der Waals surface area (Å²) < 4.78 is 52.4. The van der Waals surface area contributed by atoms with E-state index in [0.29, 0.717) is 16.9 Å². The molecule has 2 unspecified atom stereocenters. The first-order chi connectivity index (χ1) is 12.3. The lowest BCUT2D eigenvalue weighted by molar-refractivity contribution is -0.137. The summed E-state index contributed by atoms with van der Waals surface area (Å²) in [6, 6.07) is 8.81. The molecule has 3 rings (SSSR count). The van der Waals surface area contributed by atoms with Crippen LogP contribution in [0.3, 0.4) is 0 Å². The second-order valence-corrected chi connectivity index (χ2v) is 6.02. The van der Waals surface area contributed by atoms with E-state index in [1.54, 1.807) is 18.2 Å². The average molecular weight is 364 g/mol. The van der Waals surface area contributed by atoms with Crippen LogP contribution < -0.4 is 10.6 Å². The van der Waals surface area contributed by atoms with Crippen molar-refractivity contribution in [1.82, 2.24) is 0 Å². The first kappa shape index (κ1) is 18.0.